The van der Waals surface area contributed by atoms with Crippen LogP contribution < -0.4 is 4.74 Å². The van der Waals surface area contributed by atoms with E-state index in [1.807, 2.05) is 16.7 Å². The van der Waals surface area contributed by atoms with E-state index in [0.717, 1.165) is 44.1 Å². The van der Waals surface area contributed by atoms with Crippen LogP contribution in [0.1, 0.15) is 53.0 Å². The fraction of sp³-hybridized carbons (Fsp3) is 0.433. The van der Waals surface area contributed by atoms with Crippen molar-refractivity contribution >= 4 is 17.3 Å². The molecule has 1 aliphatic carbocycles. The Morgan fingerprint density at radius 3 is 2.88 bits per heavy atom. The number of carboxylic acid groups (broad SMARTS) is 1. The van der Waals surface area contributed by atoms with Crippen molar-refractivity contribution in [2.24, 2.45) is 11.8 Å². The molecule has 2 N–H and O–H groups in total. The van der Waals surface area contributed by atoms with Gasteiger partial charge in [-0.15, -0.1) is 0 Å². The van der Waals surface area contributed by atoms with E-state index in [9.17, 15) is 14.3 Å². The number of pyridine rings is 1. The van der Waals surface area contributed by atoms with E-state index in [-0.39, 0.29) is 29.5 Å². The summed E-state index contributed by atoms with van der Waals surface area (Å²) in [6, 6.07) is 12.1. The summed E-state index contributed by atoms with van der Waals surface area (Å²) < 4.78 is 27.8. The standard InChI is InChI=1S/C30H30FN7O4/c1-17-21-14-37(15-24-34-26-28(36-27(35-26)29(39)40)38(24)13-20-7-10-41-20)9-8-30(17,21)23-3-2-4-25(33-23)42-16-19-6-5-18(12-32)11-22(19)31/h2-6,11,17,20-21H,7-10,13-16H2,1H3,(H,35,36)(H,39,40)/t17-,20-,21+,30+/m0/s1. The number of carboxylic acids is 1. The van der Waals surface area contributed by atoms with Crippen LogP contribution in [0.4, 0.5) is 4.39 Å². The highest BCUT2D eigenvalue weighted by Gasteiger charge is 2.65. The van der Waals surface area contributed by atoms with E-state index < -0.39 is 11.8 Å². The molecular formula is C30H30FN7O4. The maximum Gasteiger partial charge on any atom is 0.372 e. The molecule has 12 heteroatoms. The van der Waals surface area contributed by atoms with Gasteiger partial charge in [0.05, 0.1) is 36.5 Å². The molecule has 4 atom stereocenters. The zero-order valence-electron chi connectivity index (χ0n) is 23.1. The number of rotatable bonds is 9. The number of aromatic carboxylic acids is 1. The van der Waals surface area contributed by atoms with Crippen molar-refractivity contribution in [1.82, 2.24) is 29.4 Å². The number of nitriles is 1. The molecule has 5 heterocycles. The van der Waals surface area contributed by atoms with Gasteiger partial charge in [-0.05, 0) is 49.4 Å². The Hall–Kier alpha value is -4.34. The maximum absolute atomic E-state index is 14.3. The molecule has 42 heavy (non-hydrogen) atoms. The Morgan fingerprint density at radius 1 is 1.31 bits per heavy atom. The van der Waals surface area contributed by atoms with E-state index in [0.29, 0.717) is 47.7 Å². The Bertz CT molecular complexity index is 1720. The van der Waals surface area contributed by atoms with Gasteiger partial charge in [-0.25, -0.2) is 24.1 Å². The van der Waals surface area contributed by atoms with Gasteiger partial charge >= 0.3 is 5.97 Å². The predicted octanol–water partition coefficient (Wildman–Crippen LogP) is 3.64. The average Bonchev–Trinajstić information content (AvgIpc) is 3.21. The fourth-order valence-corrected chi connectivity index (χ4v) is 6.69. The number of imidazole rings is 2. The molecule has 2 aliphatic heterocycles. The first-order valence-electron chi connectivity index (χ1n) is 14.2. The Kier molecular flexibility index (Phi) is 6.44. The summed E-state index contributed by atoms with van der Waals surface area (Å²) in [6.07, 6.45) is 1.97. The second-order valence-corrected chi connectivity index (χ2v) is 11.5. The van der Waals surface area contributed by atoms with Crippen molar-refractivity contribution in [3.63, 3.8) is 0 Å². The molecule has 1 aromatic carbocycles. The summed E-state index contributed by atoms with van der Waals surface area (Å²) in [5, 5.41) is 18.3. The van der Waals surface area contributed by atoms with Gasteiger partial charge < -0.3 is 24.1 Å². The van der Waals surface area contributed by atoms with Crippen molar-refractivity contribution in [3.05, 3.63) is 70.7 Å². The van der Waals surface area contributed by atoms with Crippen LogP contribution in [-0.4, -0.2) is 66.3 Å². The van der Waals surface area contributed by atoms with Gasteiger partial charge in [0.15, 0.2) is 11.3 Å². The van der Waals surface area contributed by atoms with Crippen LogP contribution in [0.25, 0.3) is 11.3 Å². The first-order chi connectivity index (χ1) is 20.4. The largest absolute Gasteiger partial charge is 0.475 e. The number of ether oxygens (including phenoxy) is 2. The van der Waals surface area contributed by atoms with Gasteiger partial charge in [-0.1, -0.05) is 19.1 Å². The molecule has 0 bridgehead atoms. The number of benzene rings is 1. The number of nitrogens with zero attached hydrogens (tertiary/aromatic N) is 6. The van der Waals surface area contributed by atoms with E-state index in [1.54, 1.807) is 18.2 Å². The zero-order chi connectivity index (χ0) is 29.0. The average molecular weight is 572 g/mol. The highest BCUT2D eigenvalue weighted by Crippen LogP contribution is 2.63. The molecule has 0 radical (unpaired) electrons. The lowest BCUT2D eigenvalue weighted by molar-refractivity contribution is -0.0593. The number of fused-ring (bicyclic) bond motifs is 2. The second-order valence-electron chi connectivity index (χ2n) is 11.5. The molecule has 0 amide bonds. The van der Waals surface area contributed by atoms with Gasteiger partial charge in [-0.2, -0.15) is 5.26 Å². The second kappa shape index (κ2) is 10.2. The highest BCUT2D eigenvalue weighted by molar-refractivity contribution is 5.87. The summed E-state index contributed by atoms with van der Waals surface area (Å²) in [4.78, 5) is 30.6. The molecule has 3 fully saturated rings. The van der Waals surface area contributed by atoms with Crippen LogP contribution in [0.15, 0.2) is 36.4 Å². The number of carbonyl (C=O) groups is 1. The van der Waals surface area contributed by atoms with Gasteiger partial charge in [0.2, 0.25) is 11.7 Å². The summed E-state index contributed by atoms with van der Waals surface area (Å²) in [5.74, 6) is 0.472. The SMILES string of the molecule is C[C@H]1[C@H]2CN(Cc3nc4[nH]c(C(=O)O)nc4n3C[C@@H]3CCO3)CC[C@]21c1cccc(OCc2ccc(C#N)cc2F)n1. The molecule has 3 aliphatic rings. The molecule has 1 saturated carbocycles. The summed E-state index contributed by atoms with van der Waals surface area (Å²) in [5.41, 5.74) is 2.64. The monoisotopic (exact) mass is 571 g/mol. The number of H-pyrrole nitrogens is 1. The van der Waals surface area contributed by atoms with E-state index in [1.165, 1.54) is 6.07 Å². The summed E-state index contributed by atoms with van der Waals surface area (Å²) >= 11 is 0. The van der Waals surface area contributed by atoms with Crippen molar-refractivity contribution < 1.29 is 23.8 Å². The minimum atomic E-state index is -1.11. The van der Waals surface area contributed by atoms with Crippen LogP contribution in [0.3, 0.4) is 0 Å². The molecule has 216 valence electrons. The van der Waals surface area contributed by atoms with Gasteiger partial charge in [-0.3, -0.25) is 4.90 Å². The Morgan fingerprint density at radius 2 is 2.17 bits per heavy atom. The zero-order valence-corrected chi connectivity index (χ0v) is 23.1. The lowest BCUT2D eigenvalue weighted by Gasteiger charge is -2.32. The number of aromatic amines is 1. The van der Waals surface area contributed by atoms with E-state index in [4.69, 9.17) is 24.7 Å². The molecule has 7 rings (SSSR count). The van der Waals surface area contributed by atoms with Gasteiger partial charge in [0.1, 0.15) is 18.2 Å². The van der Waals surface area contributed by atoms with E-state index in [2.05, 4.69) is 27.9 Å². The third kappa shape index (κ3) is 4.49. The normalized spacial score (nSPS) is 25.0. The smallest absolute Gasteiger partial charge is 0.372 e. The third-order valence-electron chi connectivity index (χ3n) is 9.24. The Labute approximate surface area is 240 Å². The molecule has 4 aromatic rings. The van der Waals surface area contributed by atoms with Crippen LogP contribution in [0.2, 0.25) is 0 Å². The number of piperidine rings is 1. The minimum Gasteiger partial charge on any atom is -0.475 e. The minimum absolute atomic E-state index is 0.0309. The topological polar surface area (TPSA) is 142 Å². The number of hydrogen-bond donors (Lipinski definition) is 2. The van der Waals surface area contributed by atoms with E-state index >= 15 is 0 Å². The predicted molar refractivity (Wildman–Crippen MR) is 147 cm³/mol. The fourth-order valence-electron chi connectivity index (χ4n) is 6.69. The van der Waals surface area contributed by atoms with Gasteiger partial charge in [0.25, 0.3) is 0 Å². The van der Waals surface area contributed by atoms with Crippen molar-refractivity contribution in [2.75, 3.05) is 19.7 Å². The quantitative estimate of drug-likeness (QED) is 0.308. The van der Waals surface area contributed by atoms with Crippen molar-refractivity contribution in [2.45, 2.75) is 51.0 Å². The van der Waals surface area contributed by atoms with Gasteiger partial charge in [0, 0.05) is 30.2 Å². The first kappa shape index (κ1) is 26.6. The van der Waals surface area contributed by atoms with Crippen LogP contribution in [0, 0.1) is 29.0 Å². The van der Waals surface area contributed by atoms with Crippen molar-refractivity contribution in [3.8, 4) is 11.9 Å². The highest BCUT2D eigenvalue weighted by atomic mass is 19.1. The summed E-state index contributed by atoms with van der Waals surface area (Å²) in [6.45, 7) is 6.01. The number of halogens is 1. The molecule has 0 unspecified atom stereocenters. The Balaban J connectivity index is 1.05. The molecular weight excluding hydrogens is 541 g/mol. The number of likely N-dealkylation sites (tertiary alicyclic amines) is 1. The lowest BCUT2D eigenvalue weighted by atomic mass is 9.90. The number of aromatic nitrogens is 5. The van der Waals surface area contributed by atoms with Crippen LogP contribution in [-0.2, 0) is 29.8 Å². The number of hydrogen-bond acceptors (Lipinski definition) is 8. The van der Waals surface area contributed by atoms with Crippen molar-refractivity contribution in [1.29, 1.82) is 5.26 Å². The maximum atomic E-state index is 14.3. The third-order valence-corrected chi connectivity index (χ3v) is 9.24. The molecule has 0 spiro atoms. The molecule has 2 saturated heterocycles. The lowest BCUT2D eigenvalue weighted by Crippen LogP contribution is -2.37. The molecule has 11 nitrogen and oxygen atoms in total. The van der Waals surface area contributed by atoms with Crippen LogP contribution >= 0.6 is 0 Å². The first-order valence-corrected chi connectivity index (χ1v) is 14.2. The van der Waals surface area contributed by atoms with Crippen LogP contribution in [0.5, 0.6) is 5.88 Å². The molecule has 3 aromatic heterocycles. The summed E-state index contributed by atoms with van der Waals surface area (Å²) in [7, 11) is 0. The number of nitrogens with one attached hydrogen (secondary N) is 1.